The third kappa shape index (κ3) is 17.3. The Hall–Kier alpha value is -3.40. The molecule has 0 aromatic heterocycles. The third-order valence-corrected chi connectivity index (χ3v) is 6.43. The lowest BCUT2D eigenvalue weighted by Gasteiger charge is -2.37. The van der Waals surface area contributed by atoms with Crippen LogP contribution >= 0.6 is 0 Å². The predicted molar refractivity (Wildman–Crippen MR) is 190 cm³/mol. The number of carbonyl (C=O) groups is 2. The normalized spacial score (nSPS) is 11.7. The van der Waals surface area contributed by atoms with Crippen LogP contribution in [0.4, 0.5) is 0 Å². The highest BCUT2D eigenvalue weighted by Gasteiger charge is 2.29. The highest BCUT2D eigenvalue weighted by atomic mass is 16.5. The second-order valence-electron chi connectivity index (χ2n) is 10.5. The number of amidine groups is 1. The van der Waals surface area contributed by atoms with E-state index in [1.54, 1.807) is 54.4 Å². The summed E-state index contributed by atoms with van der Waals surface area (Å²) in [6.07, 6.45) is 5.65. The first-order valence-electron chi connectivity index (χ1n) is 15.5. The van der Waals surface area contributed by atoms with E-state index in [1.165, 1.54) is 6.82 Å². The van der Waals surface area contributed by atoms with E-state index in [4.69, 9.17) is 10.5 Å². The average Bonchev–Trinajstić information content (AvgIpc) is 3.00. The highest BCUT2D eigenvalue weighted by molar-refractivity contribution is 6.67. The first-order valence-corrected chi connectivity index (χ1v) is 15.5. The summed E-state index contributed by atoms with van der Waals surface area (Å²) in [4.78, 5) is 36.4. The van der Waals surface area contributed by atoms with Crippen molar-refractivity contribution in [3.63, 3.8) is 0 Å². The minimum atomic E-state index is -1.05. The fourth-order valence-electron chi connectivity index (χ4n) is 4.27. The predicted octanol–water partition coefficient (Wildman–Crippen LogP) is -1.33. The molecule has 0 fully saturated rings. The van der Waals surface area contributed by atoms with Crippen molar-refractivity contribution < 1.29 is 34.4 Å². The van der Waals surface area contributed by atoms with Crippen LogP contribution in [0, 0.1) is 0 Å². The minimum absolute atomic E-state index is 0.226. The van der Waals surface area contributed by atoms with Gasteiger partial charge < -0.3 is 70.1 Å². The zero-order valence-corrected chi connectivity index (χ0v) is 27.3. The Morgan fingerprint density at radius 3 is 1.98 bits per heavy atom. The molecule has 0 atom stereocenters. The molecule has 0 saturated carbocycles. The number of rotatable bonds is 22. The van der Waals surface area contributed by atoms with Crippen LogP contribution in [0.5, 0.6) is 5.75 Å². The van der Waals surface area contributed by atoms with Gasteiger partial charge in [-0.3, -0.25) is 4.90 Å². The van der Waals surface area contributed by atoms with Crippen LogP contribution < -0.4 is 21.0 Å². The lowest BCUT2D eigenvalue weighted by molar-refractivity contribution is 0.300. The topological polar surface area (TPSA) is 218 Å². The maximum Gasteiger partial charge on any atom is 0.431 e. The molecule has 246 valence electrons. The van der Waals surface area contributed by atoms with Gasteiger partial charge in [-0.25, -0.2) is 0 Å². The van der Waals surface area contributed by atoms with E-state index < -0.39 is 28.2 Å². The Morgan fingerprint density at radius 1 is 0.870 bits per heavy atom. The summed E-state index contributed by atoms with van der Waals surface area (Å²) in [7, 11) is -1.54. The number of ether oxygens (including phenoxy) is 1. The smallest absolute Gasteiger partial charge is 0.431 e. The molecule has 46 heavy (non-hydrogen) atoms. The molecule has 0 saturated heterocycles. The largest absolute Gasteiger partial charge is 0.494 e. The second-order valence-corrected chi connectivity index (χ2v) is 10.5. The van der Waals surface area contributed by atoms with Crippen LogP contribution in [0.25, 0.3) is 0 Å². The van der Waals surface area contributed by atoms with Gasteiger partial charge in [0.05, 0.1) is 6.61 Å². The van der Waals surface area contributed by atoms with Crippen LogP contribution in [-0.4, -0.2) is 129 Å². The zero-order valence-electron chi connectivity index (χ0n) is 27.3. The molecule has 0 bridgehead atoms. The summed E-state index contributed by atoms with van der Waals surface area (Å²) in [6, 6.07) is 7.03. The zero-order chi connectivity index (χ0) is 34.3. The molecule has 0 heterocycles. The molecule has 0 aliphatic carbocycles. The molecule has 1 rings (SSSR count). The fraction of sp³-hybridized carbons (Fsp3) is 0.560. The SMILES string of the molecule is CB(O)N=C(N(CCCCCCNC(=N[B]C=O)NB(C)O)B(C)O)N(CCCCOc1ccc(C(N)=N[B]C=O)cc1)B(C)O. The van der Waals surface area contributed by atoms with Gasteiger partial charge in [0.25, 0.3) is 0 Å². The Labute approximate surface area is 275 Å². The molecule has 21 heteroatoms. The van der Waals surface area contributed by atoms with Crippen molar-refractivity contribution in [2.75, 3.05) is 26.2 Å². The van der Waals surface area contributed by atoms with Crippen LogP contribution in [0.15, 0.2) is 39.0 Å². The molecule has 15 nitrogen and oxygen atoms in total. The Bertz CT molecular complexity index is 1100. The van der Waals surface area contributed by atoms with E-state index in [1.807, 2.05) is 0 Å². The van der Waals surface area contributed by atoms with E-state index in [0.29, 0.717) is 74.7 Å². The fourth-order valence-corrected chi connectivity index (χ4v) is 4.27. The Balaban J connectivity index is 2.66. The van der Waals surface area contributed by atoms with Crippen molar-refractivity contribution in [2.45, 2.75) is 65.8 Å². The summed E-state index contributed by atoms with van der Waals surface area (Å²) in [5.74, 6) is 1.49. The molecule has 2 radical (unpaired) electrons. The second kappa shape index (κ2) is 23.9. The quantitative estimate of drug-likeness (QED) is 0.0259. The number of unbranched alkanes of at least 4 members (excludes halogenated alkanes) is 4. The number of hydrogen-bond acceptors (Lipinski definition) is 10. The summed E-state index contributed by atoms with van der Waals surface area (Å²) in [5.41, 5.74) is 6.49. The molecule has 0 aliphatic rings. The first-order chi connectivity index (χ1) is 22.0. The maximum absolute atomic E-state index is 10.6. The molecule has 0 aliphatic heterocycles. The van der Waals surface area contributed by atoms with Crippen molar-refractivity contribution in [1.29, 1.82) is 0 Å². The third-order valence-electron chi connectivity index (χ3n) is 6.43. The highest BCUT2D eigenvalue weighted by Crippen LogP contribution is 2.14. The van der Waals surface area contributed by atoms with Gasteiger partial charge in [0.2, 0.25) is 0 Å². The van der Waals surface area contributed by atoms with E-state index in [9.17, 15) is 29.7 Å². The summed E-state index contributed by atoms with van der Waals surface area (Å²) >= 11 is 0. The molecule has 0 unspecified atom stereocenters. The number of hydrogen-bond donors (Lipinski definition) is 7. The van der Waals surface area contributed by atoms with E-state index in [-0.39, 0.29) is 5.84 Å². The number of benzene rings is 1. The van der Waals surface area contributed by atoms with Gasteiger partial charge in [-0.2, -0.15) is 0 Å². The van der Waals surface area contributed by atoms with Crippen molar-refractivity contribution in [2.24, 2.45) is 20.4 Å². The Morgan fingerprint density at radius 2 is 1.43 bits per heavy atom. The van der Waals surface area contributed by atoms with Crippen molar-refractivity contribution >= 4 is 73.2 Å². The number of nitrogens with two attached hydrogens (primary N) is 1. The van der Waals surface area contributed by atoms with Crippen LogP contribution in [0.2, 0.25) is 27.3 Å². The van der Waals surface area contributed by atoms with Crippen LogP contribution in [0.1, 0.15) is 44.1 Å². The molecule has 8 N–H and O–H groups in total. The summed E-state index contributed by atoms with van der Waals surface area (Å²) in [6.45, 7) is 8.15. The number of nitrogens with one attached hydrogen (secondary N) is 2. The summed E-state index contributed by atoms with van der Waals surface area (Å²) in [5, 5.41) is 46.6. The van der Waals surface area contributed by atoms with Gasteiger partial charge in [-0.05, 0) is 77.2 Å². The molecule has 1 aromatic carbocycles. The van der Waals surface area contributed by atoms with Gasteiger partial charge in [0.15, 0.2) is 11.9 Å². The van der Waals surface area contributed by atoms with Gasteiger partial charge in [-0.15, -0.1) is 0 Å². The van der Waals surface area contributed by atoms with E-state index in [0.717, 1.165) is 40.5 Å². The summed E-state index contributed by atoms with van der Waals surface area (Å²) < 4.78 is 5.83. The molecule has 1 aromatic rings. The number of guanidine groups is 2. The molecule has 0 amide bonds. The Kier molecular flexibility index (Phi) is 21.1. The van der Waals surface area contributed by atoms with Gasteiger partial charge in [0, 0.05) is 25.2 Å². The van der Waals surface area contributed by atoms with Crippen LogP contribution in [0.3, 0.4) is 0 Å². The van der Waals surface area contributed by atoms with E-state index >= 15 is 0 Å². The van der Waals surface area contributed by atoms with Gasteiger partial charge in [0.1, 0.15) is 24.0 Å². The van der Waals surface area contributed by atoms with Gasteiger partial charge in [-0.1, -0.05) is 12.8 Å². The minimum Gasteiger partial charge on any atom is -0.494 e. The molecule has 0 spiro atoms. The lowest BCUT2D eigenvalue weighted by Crippen LogP contribution is -2.56. The lowest BCUT2D eigenvalue weighted by atomic mass is 9.80. The average molecular weight is 636 g/mol. The van der Waals surface area contributed by atoms with Crippen molar-refractivity contribution in [3.05, 3.63) is 29.8 Å². The molecular weight excluding hydrogens is 589 g/mol. The first kappa shape index (κ1) is 40.6. The standard InChI is InChI=1S/C25H46B6N8O7/c1-28(42)36-24(35-27-20-41)33-15-7-5-6-8-16-38(30(3)44)25(37-29(2)43)39(31(4)45)17-9-10-18-46-22-13-11-21(12-14-22)23(32)34-26-19-40/h11-14,19-20,42-45H,5-10,15-18H2,1-4H3,(H2,32,34)(H2,33,35,36). The van der Waals surface area contributed by atoms with Crippen molar-refractivity contribution in [1.82, 2.24) is 20.2 Å². The van der Waals surface area contributed by atoms with Crippen molar-refractivity contribution in [3.8, 4) is 5.75 Å². The van der Waals surface area contributed by atoms with Crippen LogP contribution in [-0.2, 0) is 9.59 Å². The number of nitrogens with zero attached hydrogens (tertiary/aromatic N) is 5. The maximum atomic E-state index is 10.6. The monoisotopic (exact) mass is 636 g/mol. The molecular formula is C25H46B6N8O7. The van der Waals surface area contributed by atoms with E-state index in [2.05, 4.69) is 25.3 Å². The van der Waals surface area contributed by atoms with Gasteiger partial charge >= 0.3 is 43.0 Å². The number of carbonyl (C=O) groups excluding carboxylic acids is 2.